The van der Waals surface area contributed by atoms with E-state index in [1.807, 2.05) is 0 Å². The van der Waals surface area contributed by atoms with Crippen LogP contribution in [0.1, 0.15) is 31.2 Å². The van der Waals surface area contributed by atoms with Crippen molar-refractivity contribution in [3.63, 3.8) is 0 Å². The highest BCUT2D eigenvalue weighted by molar-refractivity contribution is 7.99. The molecule has 7 heteroatoms. The summed E-state index contributed by atoms with van der Waals surface area (Å²) >= 11 is 7.74. The smallest absolute Gasteiger partial charge is 0.241 e. The lowest BCUT2D eigenvalue weighted by atomic mass is 9.96. The van der Waals surface area contributed by atoms with Gasteiger partial charge in [-0.05, 0) is 50.1 Å². The van der Waals surface area contributed by atoms with Crippen LogP contribution in [0.4, 0.5) is 5.69 Å². The Labute approximate surface area is 135 Å². The average molecular weight is 349 g/mol. The van der Waals surface area contributed by atoms with Gasteiger partial charge in [-0.3, -0.25) is 0 Å². The van der Waals surface area contributed by atoms with Crippen LogP contribution >= 0.6 is 23.4 Å². The zero-order valence-electron chi connectivity index (χ0n) is 12.2. The third-order valence-corrected chi connectivity index (χ3v) is 6.90. The molecule has 0 heterocycles. The van der Waals surface area contributed by atoms with E-state index in [-0.39, 0.29) is 10.9 Å². The molecule has 2 unspecified atom stereocenters. The monoisotopic (exact) mass is 348 g/mol. The Morgan fingerprint density at radius 2 is 2.10 bits per heavy atom. The first-order valence-corrected chi connectivity index (χ1v) is 10.1. The minimum atomic E-state index is -3.59. The molecule has 1 fully saturated rings. The van der Waals surface area contributed by atoms with Crippen LogP contribution < -0.4 is 10.5 Å². The van der Waals surface area contributed by atoms with Crippen LogP contribution in [0.3, 0.4) is 0 Å². The first-order valence-electron chi connectivity index (χ1n) is 6.94. The molecule has 1 aliphatic rings. The summed E-state index contributed by atoms with van der Waals surface area (Å²) < 4.78 is 28.0. The second-order valence-corrected chi connectivity index (χ2v) is 8.72. The molecular weight excluding hydrogens is 328 g/mol. The molecular formula is C14H21ClN2O2S2. The fraction of sp³-hybridized carbons (Fsp3) is 0.571. The topological polar surface area (TPSA) is 72.2 Å². The van der Waals surface area contributed by atoms with Crippen molar-refractivity contribution < 1.29 is 8.42 Å². The number of hydrogen-bond acceptors (Lipinski definition) is 4. The normalized spacial score (nSPS) is 23.2. The molecule has 0 aliphatic heterocycles. The summed E-state index contributed by atoms with van der Waals surface area (Å²) in [5.74, 6) is 0. The molecule has 0 aromatic heterocycles. The van der Waals surface area contributed by atoms with Gasteiger partial charge in [0.2, 0.25) is 10.0 Å². The van der Waals surface area contributed by atoms with Crippen molar-refractivity contribution in [1.82, 2.24) is 4.72 Å². The summed E-state index contributed by atoms with van der Waals surface area (Å²) in [6, 6.07) is 3.02. The van der Waals surface area contributed by atoms with Crippen LogP contribution in [0.2, 0.25) is 5.02 Å². The molecule has 1 saturated carbocycles. The van der Waals surface area contributed by atoms with Gasteiger partial charge in [-0.2, -0.15) is 11.8 Å². The van der Waals surface area contributed by atoms with E-state index in [1.165, 1.54) is 6.07 Å². The number of thioether (sulfide) groups is 1. The van der Waals surface area contributed by atoms with Crippen LogP contribution in [0, 0.1) is 6.92 Å². The molecule has 2 atom stereocenters. The van der Waals surface area contributed by atoms with E-state index in [0.29, 0.717) is 21.5 Å². The molecule has 4 nitrogen and oxygen atoms in total. The highest BCUT2D eigenvalue weighted by Gasteiger charge is 2.27. The first-order chi connectivity index (χ1) is 9.83. The Morgan fingerprint density at radius 1 is 1.38 bits per heavy atom. The first kappa shape index (κ1) is 16.9. The predicted octanol–water partition coefficient (Wildman–Crippen LogP) is 3.18. The highest BCUT2D eigenvalue weighted by Crippen LogP contribution is 2.30. The van der Waals surface area contributed by atoms with E-state index in [0.717, 1.165) is 25.7 Å². The maximum Gasteiger partial charge on any atom is 0.241 e. The molecule has 0 bridgehead atoms. The van der Waals surface area contributed by atoms with Crippen LogP contribution in [-0.4, -0.2) is 26.0 Å². The van der Waals surface area contributed by atoms with Gasteiger partial charge in [0.25, 0.3) is 0 Å². The van der Waals surface area contributed by atoms with Crippen LogP contribution in [-0.2, 0) is 10.0 Å². The fourth-order valence-electron chi connectivity index (χ4n) is 2.70. The van der Waals surface area contributed by atoms with Gasteiger partial charge in [-0.1, -0.05) is 18.0 Å². The van der Waals surface area contributed by atoms with E-state index < -0.39 is 10.0 Å². The summed E-state index contributed by atoms with van der Waals surface area (Å²) in [4.78, 5) is 0.179. The minimum absolute atomic E-state index is 0.0131. The molecule has 3 N–H and O–H groups in total. The molecule has 21 heavy (non-hydrogen) atoms. The number of sulfonamides is 1. The molecule has 1 aromatic carbocycles. The maximum absolute atomic E-state index is 12.6. The molecule has 0 radical (unpaired) electrons. The second kappa shape index (κ2) is 6.77. The predicted molar refractivity (Wildman–Crippen MR) is 90.5 cm³/mol. The SMILES string of the molecule is CSC1CCCC(NS(=O)(=O)c2cc(Cl)cc(N)c2C)C1. The van der Waals surface area contributed by atoms with Gasteiger partial charge >= 0.3 is 0 Å². The van der Waals surface area contributed by atoms with Gasteiger partial charge in [0.1, 0.15) is 0 Å². The lowest BCUT2D eigenvalue weighted by molar-refractivity contribution is 0.420. The quantitative estimate of drug-likeness (QED) is 0.820. The van der Waals surface area contributed by atoms with E-state index >= 15 is 0 Å². The minimum Gasteiger partial charge on any atom is -0.398 e. The number of nitrogens with one attached hydrogen (secondary N) is 1. The molecule has 1 aromatic rings. The number of halogens is 1. The summed E-state index contributed by atoms with van der Waals surface area (Å²) in [5, 5.41) is 0.862. The van der Waals surface area contributed by atoms with Gasteiger partial charge in [0.15, 0.2) is 0 Å². The zero-order chi connectivity index (χ0) is 15.6. The van der Waals surface area contributed by atoms with Crippen molar-refractivity contribution in [2.24, 2.45) is 0 Å². The summed E-state index contributed by atoms with van der Waals surface area (Å²) in [7, 11) is -3.59. The Balaban J connectivity index is 2.23. The lowest BCUT2D eigenvalue weighted by Gasteiger charge is -2.28. The number of rotatable bonds is 4. The number of nitrogen functional groups attached to an aromatic ring is 1. The van der Waals surface area contributed by atoms with Crippen LogP contribution in [0.5, 0.6) is 0 Å². The maximum atomic E-state index is 12.6. The molecule has 1 aliphatic carbocycles. The van der Waals surface area contributed by atoms with E-state index in [9.17, 15) is 8.42 Å². The molecule has 0 spiro atoms. The standard InChI is InChI=1S/C14H21ClN2O2S2/c1-9-13(16)6-10(15)7-14(9)21(18,19)17-11-4-3-5-12(8-11)20-2/h6-7,11-12,17H,3-5,8,16H2,1-2H3. The van der Waals surface area contributed by atoms with Crippen molar-refractivity contribution in [2.45, 2.75) is 48.8 Å². The summed E-state index contributed by atoms with van der Waals surface area (Å²) in [5.41, 5.74) is 6.76. The van der Waals surface area contributed by atoms with Gasteiger partial charge in [-0.25, -0.2) is 13.1 Å². The van der Waals surface area contributed by atoms with Crippen LogP contribution in [0.25, 0.3) is 0 Å². The average Bonchev–Trinajstić information content (AvgIpc) is 2.42. The van der Waals surface area contributed by atoms with Gasteiger partial charge in [-0.15, -0.1) is 0 Å². The zero-order valence-corrected chi connectivity index (χ0v) is 14.6. The lowest BCUT2D eigenvalue weighted by Crippen LogP contribution is -2.39. The Hall–Kier alpha value is -0.430. The number of anilines is 1. The largest absolute Gasteiger partial charge is 0.398 e. The van der Waals surface area contributed by atoms with Crippen molar-refractivity contribution in [3.05, 3.63) is 22.7 Å². The van der Waals surface area contributed by atoms with Crippen molar-refractivity contribution in [1.29, 1.82) is 0 Å². The Kier molecular flexibility index (Phi) is 5.46. The third-order valence-electron chi connectivity index (χ3n) is 3.94. The van der Waals surface area contributed by atoms with E-state index in [1.54, 1.807) is 24.8 Å². The van der Waals surface area contributed by atoms with Gasteiger partial charge < -0.3 is 5.73 Å². The molecule has 2 rings (SSSR count). The number of benzene rings is 1. The Morgan fingerprint density at radius 3 is 2.76 bits per heavy atom. The van der Waals surface area contributed by atoms with Crippen molar-refractivity contribution in [2.75, 3.05) is 12.0 Å². The number of nitrogens with two attached hydrogens (primary N) is 1. The molecule has 0 saturated heterocycles. The molecule has 0 amide bonds. The summed E-state index contributed by atoms with van der Waals surface area (Å²) in [6.07, 6.45) is 6.03. The number of hydrogen-bond donors (Lipinski definition) is 2. The highest BCUT2D eigenvalue weighted by atomic mass is 35.5. The van der Waals surface area contributed by atoms with Crippen LogP contribution in [0.15, 0.2) is 17.0 Å². The van der Waals surface area contributed by atoms with Gasteiger partial charge in [0.05, 0.1) is 4.90 Å². The molecule has 118 valence electrons. The van der Waals surface area contributed by atoms with Gasteiger partial charge in [0, 0.05) is 22.0 Å². The summed E-state index contributed by atoms with van der Waals surface area (Å²) in [6.45, 7) is 1.70. The van der Waals surface area contributed by atoms with Crippen molar-refractivity contribution >= 4 is 39.1 Å². The Bertz CT molecular complexity index is 620. The van der Waals surface area contributed by atoms with E-state index in [4.69, 9.17) is 17.3 Å². The third kappa shape index (κ3) is 4.06. The van der Waals surface area contributed by atoms with E-state index in [2.05, 4.69) is 11.0 Å². The fourth-order valence-corrected chi connectivity index (χ4v) is 5.40. The van der Waals surface area contributed by atoms with Crippen molar-refractivity contribution in [3.8, 4) is 0 Å². The second-order valence-electron chi connectivity index (χ2n) is 5.46.